The number of hydrogen-bond acceptors (Lipinski definition) is 3. The number of ether oxygens (including phenoxy) is 1. The molecule has 1 atom stereocenters. The van der Waals surface area contributed by atoms with Crippen LogP contribution in [0, 0.1) is 0 Å². The third-order valence-electron chi connectivity index (χ3n) is 2.60. The Morgan fingerprint density at radius 2 is 2.31 bits per heavy atom. The molecule has 1 aliphatic rings. The Morgan fingerprint density at radius 1 is 1.56 bits per heavy atom. The average Bonchev–Trinajstić information content (AvgIpc) is 2.58. The molecule has 1 aromatic rings. The summed E-state index contributed by atoms with van der Waals surface area (Å²) in [7, 11) is 1.60. The molecule has 1 saturated heterocycles. The van der Waals surface area contributed by atoms with Crippen molar-refractivity contribution in [3.8, 4) is 5.75 Å². The van der Waals surface area contributed by atoms with Crippen LogP contribution < -0.4 is 15.4 Å². The van der Waals surface area contributed by atoms with Crippen molar-refractivity contribution in [3.63, 3.8) is 0 Å². The van der Waals surface area contributed by atoms with Gasteiger partial charge in [0.2, 0.25) is 5.91 Å². The van der Waals surface area contributed by atoms with E-state index in [-0.39, 0.29) is 11.9 Å². The van der Waals surface area contributed by atoms with E-state index in [4.69, 9.17) is 10.5 Å². The Kier molecular flexibility index (Phi) is 3.16. The van der Waals surface area contributed by atoms with Crippen molar-refractivity contribution in [2.45, 2.75) is 12.5 Å². The molecule has 1 aromatic carbocycles. The Bertz CT molecular complexity index is 422. The summed E-state index contributed by atoms with van der Waals surface area (Å²) in [6.45, 7) is 0.560. The SMILES string of the molecule is COc1ccc(Br)c(N2CC(N)CC2=O)c1. The van der Waals surface area contributed by atoms with Gasteiger partial charge in [-0.2, -0.15) is 0 Å². The first kappa shape index (κ1) is 11.4. The highest BCUT2D eigenvalue weighted by molar-refractivity contribution is 9.10. The zero-order chi connectivity index (χ0) is 11.7. The fourth-order valence-corrected chi connectivity index (χ4v) is 2.26. The minimum atomic E-state index is -0.0781. The van der Waals surface area contributed by atoms with Gasteiger partial charge in [0.05, 0.1) is 12.8 Å². The molecule has 0 saturated carbocycles. The molecule has 2 N–H and O–H groups in total. The molecule has 1 aliphatic heterocycles. The van der Waals surface area contributed by atoms with Gasteiger partial charge in [0.25, 0.3) is 0 Å². The van der Waals surface area contributed by atoms with E-state index in [1.807, 2.05) is 18.2 Å². The van der Waals surface area contributed by atoms with Gasteiger partial charge in [0.15, 0.2) is 0 Å². The van der Waals surface area contributed by atoms with E-state index in [0.717, 1.165) is 15.9 Å². The number of carbonyl (C=O) groups is 1. The summed E-state index contributed by atoms with van der Waals surface area (Å²) >= 11 is 3.43. The maximum Gasteiger partial charge on any atom is 0.228 e. The van der Waals surface area contributed by atoms with Crippen LogP contribution in [-0.4, -0.2) is 25.6 Å². The summed E-state index contributed by atoms with van der Waals surface area (Å²) in [5, 5.41) is 0. The lowest BCUT2D eigenvalue weighted by Crippen LogP contribution is -2.28. The minimum absolute atomic E-state index is 0.0569. The lowest BCUT2D eigenvalue weighted by atomic mass is 10.3. The van der Waals surface area contributed by atoms with Crippen LogP contribution in [0.4, 0.5) is 5.69 Å². The average molecular weight is 285 g/mol. The van der Waals surface area contributed by atoms with E-state index in [1.165, 1.54) is 0 Å². The fraction of sp³-hybridized carbons (Fsp3) is 0.364. The van der Waals surface area contributed by atoms with Crippen LogP contribution in [0.25, 0.3) is 0 Å². The van der Waals surface area contributed by atoms with Crippen LogP contribution >= 0.6 is 15.9 Å². The van der Waals surface area contributed by atoms with Crippen molar-refractivity contribution in [2.24, 2.45) is 5.73 Å². The third-order valence-corrected chi connectivity index (χ3v) is 3.27. The first-order chi connectivity index (χ1) is 7.61. The van der Waals surface area contributed by atoms with Gasteiger partial charge in [0, 0.05) is 29.5 Å². The number of methoxy groups -OCH3 is 1. The van der Waals surface area contributed by atoms with Gasteiger partial charge in [-0.1, -0.05) is 0 Å². The number of nitrogens with zero attached hydrogens (tertiary/aromatic N) is 1. The fourth-order valence-electron chi connectivity index (χ4n) is 1.79. The van der Waals surface area contributed by atoms with Crippen molar-refractivity contribution >= 4 is 27.5 Å². The van der Waals surface area contributed by atoms with E-state index in [1.54, 1.807) is 12.0 Å². The smallest absolute Gasteiger partial charge is 0.228 e. The molecule has 0 radical (unpaired) electrons. The van der Waals surface area contributed by atoms with Crippen LogP contribution in [0.15, 0.2) is 22.7 Å². The van der Waals surface area contributed by atoms with Crippen LogP contribution in [0.1, 0.15) is 6.42 Å². The number of nitrogens with two attached hydrogens (primary N) is 1. The largest absolute Gasteiger partial charge is 0.497 e. The molecular weight excluding hydrogens is 272 g/mol. The van der Waals surface area contributed by atoms with Crippen LogP contribution in [0.5, 0.6) is 5.75 Å². The van der Waals surface area contributed by atoms with Crippen molar-refractivity contribution in [1.82, 2.24) is 0 Å². The van der Waals surface area contributed by atoms with Gasteiger partial charge in [-0.3, -0.25) is 4.79 Å². The molecule has 2 rings (SSSR count). The molecule has 16 heavy (non-hydrogen) atoms. The molecule has 0 aromatic heterocycles. The second-order valence-electron chi connectivity index (χ2n) is 3.79. The monoisotopic (exact) mass is 284 g/mol. The number of rotatable bonds is 2. The molecule has 1 unspecified atom stereocenters. The number of halogens is 1. The van der Waals surface area contributed by atoms with Gasteiger partial charge >= 0.3 is 0 Å². The summed E-state index contributed by atoms with van der Waals surface area (Å²) < 4.78 is 6.01. The van der Waals surface area contributed by atoms with Crippen LogP contribution in [0.3, 0.4) is 0 Å². The van der Waals surface area contributed by atoms with Gasteiger partial charge < -0.3 is 15.4 Å². The Morgan fingerprint density at radius 3 is 2.88 bits per heavy atom. The molecule has 5 heteroatoms. The maximum atomic E-state index is 11.7. The summed E-state index contributed by atoms with van der Waals surface area (Å²) in [6.07, 6.45) is 0.406. The molecule has 4 nitrogen and oxygen atoms in total. The lowest BCUT2D eigenvalue weighted by molar-refractivity contribution is -0.117. The molecule has 0 aliphatic carbocycles. The predicted octanol–water partition coefficient (Wildman–Crippen LogP) is 1.52. The second kappa shape index (κ2) is 4.43. The lowest BCUT2D eigenvalue weighted by Gasteiger charge is -2.18. The van der Waals surface area contributed by atoms with E-state index in [9.17, 15) is 4.79 Å². The summed E-state index contributed by atoms with van der Waals surface area (Å²) in [4.78, 5) is 13.4. The summed E-state index contributed by atoms with van der Waals surface area (Å²) in [6, 6.07) is 5.46. The maximum absolute atomic E-state index is 11.7. The van der Waals surface area contributed by atoms with Gasteiger partial charge in [0.1, 0.15) is 5.75 Å². The van der Waals surface area contributed by atoms with Crippen LogP contribution in [-0.2, 0) is 4.79 Å². The number of carbonyl (C=O) groups excluding carboxylic acids is 1. The zero-order valence-electron chi connectivity index (χ0n) is 8.94. The first-order valence-corrected chi connectivity index (χ1v) is 5.80. The van der Waals surface area contributed by atoms with Gasteiger partial charge in [-0.15, -0.1) is 0 Å². The van der Waals surface area contributed by atoms with Crippen molar-refractivity contribution < 1.29 is 9.53 Å². The van der Waals surface area contributed by atoms with E-state index in [0.29, 0.717) is 13.0 Å². The molecular formula is C11H13BrN2O2. The topological polar surface area (TPSA) is 55.6 Å². The Balaban J connectivity index is 2.35. The molecule has 1 fully saturated rings. The summed E-state index contributed by atoms with van der Waals surface area (Å²) in [5.41, 5.74) is 6.58. The molecule has 0 spiro atoms. The Labute approximate surface area is 102 Å². The number of benzene rings is 1. The van der Waals surface area contributed by atoms with E-state index >= 15 is 0 Å². The number of amides is 1. The Hall–Kier alpha value is -1.07. The first-order valence-electron chi connectivity index (χ1n) is 5.01. The number of hydrogen-bond donors (Lipinski definition) is 1. The predicted molar refractivity (Wildman–Crippen MR) is 65.6 cm³/mol. The quantitative estimate of drug-likeness (QED) is 0.896. The third kappa shape index (κ3) is 2.05. The molecule has 1 amide bonds. The van der Waals surface area contributed by atoms with E-state index in [2.05, 4.69) is 15.9 Å². The highest BCUT2D eigenvalue weighted by atomic mass is 79.9. The van der Waals surface area contributed by atoms with E-state index < -0.39 is 0 Å². The van der Waals surface area contributed by atoms with Gasteiger partial charge in [-0.05, 0) is 28.1 Å². The van der Waals surface area contributed by atoms with Crippen molar-refractivity contribution in [2.75, 3.05) is 18.6 Å². The molecule has 86 valence electrons. The standard InChI is InChI=1S/C11H13BrN2O2/c1-16-8-2-3-9(12)10(5-8)14-6-7(13)4-11(14)15/h2-3,5,7H,4,6,13H2,1H3. The summed E-state index contributed by atoms with van der Waals surface area (Å²) in [5.74, 6) is 0.785. The minimum Gasteiger partial charge on any atom is -0.497 e. The number of anilines is 1. The highest BCUT2D eigenvalue weighted by Gasteiger charge is 2.29. The van der Waals surface area contributed by atoms with Crippen LogP contribution in [0.2, 0.25) is 0 Å². The molecule has 0 bridgehead atoms. The van der Waals surface area contributed by atoms with Crippen molar-refractivity contribution in [1.29, 1.82) is 0 Å². The van der Waals surface area contributed by atoms with Gasteiger partial charge in [-0.25, -0.2) is 0 Å². The van der Waals surface area contributed by atoms with Crippen molar-refractivity contribution in [3.05, 3.63) is 22.7 Å². The zero-order valence-corrected chi connectivity index (χ0v) is 10.5. The molecule has 1 heterocycles. The second-order valence-corrected chi connectivity index (χ2v) is 4.64. The normalized spacial score (nSPS) is 20.3. The highest BCUT2D eigenvalue weighted by Crippen LogP contribution is 2.32.